The second-order valence-corrected chi connectivity index (χ2v) is 8.67. The van der Waals surface area contributed by atoms with Crippen LogP contribution in [0.25, 0.3) is 22.2 Å². The highest BCUT2D eigenvalue weighted by molar-refractivity contribution is 8.14. The van der Waals surface area contributed by atoms with E-state index in [9.17, 15) is 19.7 Å². The van der Waals surface area contributed by atoms with Gasteiger partial charge in [-0.3, -0.25) is 29.7 Å². The Morgan fingerprint density at radius 1 is 1.27 bits per heavy atom. The fraction of sp³-hybridized carbons (Fsp3) is 0.273. The SMILES string of the molecule is COc1cnc2c(c1)C(=O)c1c-2n(CCCNC2=NCCS2)c(=O)c2cc([N+](=O)[O-])ccc12. The molecule has 11 heteroatoms. The van der Waals surface area contributed by atoms with Crippen LogP contribution >= 0.6 is 11.8 Å². The highest BCUT2D eigenvalue weighted by Crippen LogP contribution is 2.39. The Hall–Kier alpha value is -3.73. The molecule has 33 heavy (non-hydrogen) atoms. The first-order valence-corrected chi connectivity index (χ1v) is 11.3. The molecule has 1 aliphatic carbocycles. The van der Waals surface area contributed by atoms with E-state index in [4.69, 9.17) is 4.74 Å². The highest BCUT2D eigenvalue weighted by Gasteiger charge is 2.34. The Labute approximate surface area is 191 Å². The van der Waals surface area contributed by atoms with Crippen LogP contribution in [0.2, 0.25) is 0 Å². The molecule has 0 unspecified atom stereocenters. The molecule has 0 saturated heterocycles. The Balaban J connectivity index is 1.64. The first kappa shape index (κ1) is 21.1. The quantitative estimate of drug-likeness (QED) is 0.261. The van der Waals surface area contributed by atoms with Crippen LogP contribution in [0.15, 0.2) is 40.2 Å². The number of pyridine rings is 2. The van der Waals surface area contributed by atoms with Crippen molar-refractivity contribution in [2.45, 2.75) is 13.0 Å². The first-order valence-electron chi connectivity index (χ1n) is 10.3. The number of nitro benzene ring substituents is 1. The number of nitrogens with zero attached hydrogens (tertiary/aromatic N) is 4. The summed E-state index contributed by atoms with van der Waals surface area (Å²) in [6.07, 6.45) is 2.10. The van der Waals surface area contributed by atoms with E-state index in [-0.39, 0.29) is 16.9 Å². The molecule has 0 bridgehead atoms. The lowest BCUT2D eigenvalue weighted by atomic mass is 10.0. The van der Waals surface area contributed by atoms with Gasteiger partial charge < -0.3 is 14.6 Å². The van der Waals surface area contributed by atoms with Crippen molar-refractivity contribution >= 4 is 39.2 Å². The van der Waals surface area contributed by atoms with Gasteiger partial charge in [0.1, 0.15) is 5.75 Å². The Morgan fingerprint density at radius 2 is 2.12 bits per heavy atom. The van der Waals surface area contributed by atoms with Crippen molar-refractivity contribution in [3.8, 4) is 17.1 Å². The standard InChI is InChI=1S/C22H19N5O5S/c1-32-13-10-16-18(25-11-13)19-17(20(16)28)14-4-3-12(27(30)31)9-15(14)21(29)26(19)7-2-5-23-22-24-6-8-33-22/h3-4,9-11H,2,5-8H2,1H3,(H,23,24). The molecule has 0 amide bonds. The number of methoxy groups -OCH3 is 1. The maximum atomic E-state index is 13.5. The molecule has 1 aromatic carbocycles. The molecule has 5 rings (SSSR count). The summed E-state index contributed by atoms with van der Waals surface area (Å²) < 4.78 is 6.73. The molecule has 0 fully saturated rings. The van der Waals surface area contributed by atoms with Crippen molar-refractivity contribution in [1.29, 1.82) is 0 Å². The lowest BCUT2D eigenvalue weighted by molar-refractivity contribution is -0.384. The van der Waals surface area contributed by atoms with Crippen molar-refractivity contribution in [3.05, 3.63) is 62.1 Å². The van der Waals surface area contributed by atoms with E-state index in [1.165, 1.54) is 36.1 Å². The van der Waals surface area contributed by atoms with Crippen molar-refractivity contribution in [3.63, 3.8) is 0 Å². The molecule has 2 aliphatic rings. The van der Waals surface area contributed by atoms with E-state index in [0.717, 1.165) is 17.5 Å². The third-order valence-corrected chi connectivity index (χ3v) is 6.61. The average molecular weight is 465 g/mol. The number of aliphatic imine (C=N–C) groups is 1. The van der Waals surface area contributed by atoms with Crippen LogP contribution in [-0.4, -0.2) is 51.4 Å². The fourth-order valence-corrected chi connectivity index (χ4v) is 4.93. The number of nitro groups is 1. The monoisotopic (exact) mass is 465 g/mol. The molecule has 0 spiro atoms. The maximum Gasteiger partial charge on any atom is 0.270 e. The number of amidine groups is 1. The van der Waals surface area contributed by atoms with Gasteiger partial charge in [0, 0.05) is 36.4 Å². The molecule has 0 saturated carbocycles. The van der Waals surface area contributed by atoms with Gasteiger partial charge in [-0.1, -0.05) is 11.8 Å². The number of fused-ring (bicyclic) bond motifs is 5. The van der Waals surface area contributed by atoms with E-state index in [2.05, 4.69) is 15.3 Å². The van der Waals surface area contributed by atoms with Gasteiger partial charge in [0.15, 0.2) is 11.0 Å². The summed E-state index contributed by atoms with van der Waals surface area (Å²) in [5, 5.41) is 16.0. The number of aromatic nitrogens is 2. The number of ether oxygens (including phenoxy) is 1. The zero-order valence-corrected chi connectivity index (χ0v) is 18.5. The minimum Gasteiger partial charge on any atom is -0.495 e. The van der Waals surface area contributed by atoms with Crippen molar-refractivity contribution in [2.75, 3.05) is 26.0 Å². The minimum atomic E-state index is -0.552. The number of nitrogens with one attached hydrogen (secondary N) is 1. The maximum absolute atomic E-state index is 13.5. The fourth-order valence-electron chi connectivity index (χ4n) is 4.17. The molecule has 1 N–H and O–H groups in total. The number of carbonyl (C=O) groups is 1. The van der Waals surface area contributed by atoms with E-state index < -0.39 is 10.5 Å². The second kappa shape index (κ2) is 8.32. The van der Waals surface area contributed by atoms with Gasteiger partial charge in [0.25, 0.3) is 11.2 Å². The van der Waals surface area contributed by atoms with Crippen molar-refractivity contribution in [2.24, 2.45) is 4.99 Å². The van der Waals surface area contributed by atoms with Crippen LogP contribution in [0.1, 0.15) is 22.3 Å². The van der Waals surface area contributed by atoms with E-state index in [0.29, 0.717) is 53.2 Å². The summed E-state index contributed by atoms with van der Waals surface area (Å²) in [4.78, 5) is 46.4. The summed E-state index contributed by atoms with van der Waals surface area (Å²) >= 11 is 1.65. The van der Waals surface area contributed by atoms with Gasteiger partial charge in [-0.05, 0) is 18.6 Å². The third kappa shape index (κ3) is 3.54. The summed E-state index contributed by atoms with van der Waals surface area (Å²) in [5.41, 5.74) is 0.940. The number of ketones is 1. The molecular weight excluding hydrogens is 446 g/mol. The number of carbonyl (C=O) groups excluding carboxylic acids is 1. The number of rotatable bonds is 6. The molecule has 3 aromatic rings. The zero-order valence-electron chi connectivity index (χ0n) is 17.7. The molecule has 1 aliphatic heterocycles. The van der Waals surface area contributed by atoms with Crippen LogP contribution in [0.5, 0.6) is 5.75 Å². The molecule has 0 atom stereocenters. The summed E-state index contributed by atoms with van der Waals surface area (Å²) in [6, 6.07) is 5.62. The minimum absolute atomic E-state index is 0.139. The summed E-state index contributed by atoms with van der Waals surface area (Å²) in [5.74, 6) is 1.10. The Morgan fingerprint density at radius 3 is 2.85 bits per heavy atom. The Bertz CT molecular complexity index is 1410. The molecule has 0 radical (unpaired) electrons. The van der Waals surface area contributed by atoms with Crippen LogP contribution in [0.4, 0.5) is 5.69 Å². The normalized spacial score (nSPS) is 14.2. The zero-order chi connectivity index (χ0) is 23.1. The van der Waals surface area contributed by atoms with Gasteiger partial charge in [-0.25, -0.2) is 0 Å². The van der Waals surface area contributed by atoms with E-state index in [1.807, 2.05) is 0 Å². The van der Waals surface area contributed by atoms with E-state index >= 15 is 0 Å². The first-order chi connectivity index (χ1) is 16.0. The van der Waals surface area contributed by atoms with Crippen molar-refractivity contribution in [1.82, 2.24) is 14.9 Å². The van der Waals surface area contributed by atoms with Crippen LogP contribution < -0.4 is 15.6 Å². The second-order valence-electron chi connectivity index (χ2n) is 7.58. The van der Waals surface area contributed by atoms with E-state index in [1.54, 1.807) is 17.8 Å². The number of thioether (sulfide) groups is 1. The van der Waals surface area contributed by atoms with Crippen molar-refractivity contribution < 1.29 is 14.5 Å². The van der Waals surface area contributed by atoms with Gasteiger partial charge in [-0.15, -0.1) is 0 Å². The van der Waals surface area contributed by atoms with Crippen LogP contribution in [0, 0.1) is 10.1 Å². The van der Waals surface area contributed by atoms with Gasteiger partial charge in [0.2, 0.25) is 0 Å². The number of benzene rings is 1. The third-order valence-electron chi connectivity index (χ3n) is 5.68. The topological polar surface area (TPSA) is 129 Å². The number of non-ortho nitro benzene ring substituents is 1. The molecule has 10 nitrogen and oxygen atoms in total. The molecule has 168 valence electrons. The molecule has 2 aromatic heterocycles. The van der Waals surface area contributed by atoms with Gasteiger partial charge in [-0.2, -0.15) is 0 Å². The lowest BCUT2D eigenvalue weighted by Crippen LogP contribution is -2.27. The summed E-state index contributed by atoms with van der Waals surface area (Å²) in [6.45, 7) is 1.69. The van der Waals surface area contributed by atoms with Crippen LogP contribution in [-0.2, 0) is 6.54 Å². The highest BCUT2D eigenvalue weighted by atomic mass is 32.2. The molecular formula is C22H19N5O5S. The largest absolute Gasteiger partial charge is 0.495 e. The predicted molar refractivity (Wildman–Crippen MR) is 125 cm³/mol. The number of hydrogen-bond acceptors (Lipinski definition) is 9. The van der Waals surface area contributed by atoms with Gasteiger partial charge >= 0.3 is 0 Å². The molecule has 3 heterocycles. The van der Waals surface area contributed by atoms with Crippen LogP contribution in [0.3, 0.4) is 0 Å². The lowest BCUT2D eigenvalue weighted by Gasteiger charge is -2.15. The van der Waals surface area contributed by atoms with Gasteiger partial charge in [0.05, 0.1) is 52.7 Å². The smallest absolute Gasteiger partial charge is 0.270 e. The predicted octanol–water partition coefficient (Wildman–Crippen LogP) is 2.61. The summed E-state index contributed by atoms with van der Waals surface area (Å²) in [7, 11) is 1.49. The average Bonchev–Trinajstić information content (AvgIpc) is 3.44. The Kier molecular flexibility index (Phi) is 5.33. The number of hydrogen-bond donors (Lipinski definition) is 1.